The lowest BCUT2D eigenvalue weighted by Gasteiger charge is -2.61. The van der Waals surface area contributed by atoms with Crippen LogP contribution in [0.5, 0.6) is 0 Å². The summed E-state index contributed by atoms with van der Waals surface area (Å²) in [5.41, 5.74) is 0.402. The van der Waals surface area contributed by atoms with Gasteiger partial charge in [0.25, 0.3) is 0 Å². The Morgan fingerprint density at radius 2 is 2.00 bits per heavy atom. The molecule has 1 N–H and O–H groups in total. The third-order valence-corrected chi connectivity index (χ3v) is 10.1. The molecular formula is C25H40O3. The van der Waals surface area contributed by atoms with E-state index in [0.717, 1.165) is 24.7 Å². The smallest absolute Gasteiger partial charge is 0.305 e. The van der Waals surface area contributed by atoms with Crippen molar-refractivity contribution in [2.45, 2.75) is 84.7 Å². The minimum Gasteiger partial charge on any atom is -0.469 e. The lowest BCUT2D eigenvalue weighted by Crippen LogP contribution is -2.57. The molecule has 0 unspecified atom stereocenters. The molecule has 0 aromatic rings. The van der Waals surface area contributed by atoms with Crippen LogP contribution in [-0.2, 0) is 9.53 Å². The number of allylic oxidation sites excluding steroid dienone is 2. The van der Waals surface area contributed by atoms with E-state index in [1.807, 2.05) is 0 Å². The molecule has 0 bridgehead atoms. The fraction of sp³-hybridized carbons (Fsp3) is 0.880. The van der Waals surface area contributed by atoms with Crippen molar-refractivity contribution in [3.05, 3.63) is 12.2 Å². The van der Waals surface area contributed by atoms with Crippen LogP contribution in [0.1, 0.15) is 78.6 Å². The number of carbonyl (C=O) groups excluding carboxylic acids is 1. The maximum atomic E-state index is 11.6. The van der Waals surface area contributed by atoms with Crippen LogP contribution in [0, 0.1) is 46.3 Å². The molecule has 158 valence electrons. The highest BCUT2D eigenvalue weighted by molar-refractivity contribution is 5.69. The lowest BCUT2D eigenvalue weighted by molar-refractivity contribution is -0.159. The summed E-state index contributed by atoms with van der Waals surface area (Å²) in [4.78, 5) is 11.6. The van der Waals surface area contributed by atoms with Crippen molar-refractivity contribution in [3.63, 3.8) is 0 Å². The molecule has 4 aliphatic carbocycles. The summed E-state index contributed by atoms with van der Waals surface area (Å²) >= 11 is 0. The number of methoxy groups -OCH3 is 1. The van der Waals surface area contributed by atoms with Crippen molar-refractivity contribution in [1.82, 2.24) is 0 Å². The maximum absolute atomic E-state index is 11.6. The van der Waals surface area contributed by atoms with Gasteiger partial charge in [0.1, 0.15) is 0 Å². The topological polar surface area (TPSA) is 46.5 Å². The molecule has 0 aromatic carbocycles. The molecule has 0 saturated heterocycles. The van der Waals surface area contributed by atoms with Gasteiger partial charge in [-0.25, -0.2) is 0 Å². The molecule has 3 nitrogen and oxygen atoms in total. The zero-order valence-corrected chi connectivity index (χ0v) is 18.3. The number of esters is 1. The van der Waals surface area contributed by atoms with Crippen LogP contribution in [0.2, 0.25) is 0 Å². The third-order valence-electron chi connectivity index (χ3n) is 10.1. The van der Waals surface area contributed by atoms with E-state index in [1.165, 1.54) is 45.6 Å². The Morgan fingerprint density at radius 3 is 2.75 bits per heavy atom. The van der Waals surface area contributed by atoms with Crippen molar-refractivity contribution in [2.24, 2.45) is 46.3 Å². The van der Waals surface area contributed by atoms with E-state index in [2.05, 4.69) is 32.9 Å². The second-order valence-corrected chi connectivity index (χ2v) is 10.9. The SMILES string of the molecule is COC(=O)CC[C@@H](C)[C@@H]1CC[C@@H]2[C@@H]3CC[C@@H]4C=CCC[C@]4(C)[C@@H]3C[C@H](O)[C@@]21C. The van der Waals surface area contributed by atoms with Gasteiger partial charge in [0.05, 0.1) is 13.2 Å². The van der Waals surface area contributed by atoms with Gasteiger partial charge in [-0.15, -0.1) is 0 Å². The Morgan fingerprint density at radius 1 is 1.21 bits per heavy atom. The third kappa shape index (κ3) is 2.99. The average Bonchev–Trinajstić information content (AvgIpc) is 3.05. The fourth-order valence-corrected chi connectivity index (χ4v) is 8.40. The van der Waals surface area contributed by atoms with Gasteiger partial charge in [0.15, 0.2) is 0 Å². The van der Waals surface area contributed by atoms with Crippen LogP contribution in [-0.4, -0.2) is 24.3 Å². The second kappa shape index (κ2) is 7.45. The molecule has 3 saturated carbocycles. The van der Waals surface area contributed by atoms with Crippen LogP contribution in [0.3, 0.4) is 0 Å². The molecule has 3 heteroatoms. The minimum absolute atomic E-state index is 0.0183. The summed E-state index contributed by atoms with van der Waals surface area (Å²) in [5, 5.41) is 11.5. The number of rotatable bonds is 4. The highest BCUT2D eigenvalue weighted by Crippen LogP contribution is 2.67. The Bertz CT molecular complexity index is 627. The number of fused-ring (bicyclic) bond motifs is 5. The zero-order chi connectivity index (χ0) is 20.1. The number of ether oxygens (including phenoxy) is 1. The predicted molar refractivity (Wildman–Crippen MR) is 112 cm³/mol. The first-order valence-electron chi connectivity index (χ1n) is 11.7. The summed E-state index contributed by atoms with van der Waals surface area (Å²) in [5.74, 6) is 3.70. The Kier molecular flexibility index (Phi) is 5.44. The number of aliphatic hydroxyl groups excluding tert-OH is 1. The van der Waals surface area contributed by atoms with Crippen LogP contribution >= 0.6 is 0 Å². The van der Waals surface area contributed by atoms with E-state index < -0.39 is 0 Å². The van der Waals surface area contributed by atoms with Gasteiger partial charge in [-0.05, 0) is 97.7 Å². The summed E-state index contributed by atoms with van der Waals surface area (Å²) in [6.45, 7) is 7.21. The van der Waals surface area contributed by atoms with E-state index in [0.29, 0.717) is 35.5 Å². The summed E-state index contributed by atoms with van der Waals surface area (Å²) in [7, 11) is 1.47. The van der Waals surface area contributed by atoms with Crippen molar-refractivity contribution in [3.8, 4) is 0 Å². The minimum atomic E-state index is -0.201. The lowest BCUT2D eigenvalue weighted by atomic mass is 9.44. The van der Waals surface area contributed by atoms with Crippen molar-refractivity contribution in [1.29, 1.82) is 0 Å². The first-order chi connectivity index (χ1) is 13.3. The molecule has 0 heterocycles. The molecule has 0 spiro atoms. The first-order valence-corrected chi connectivity index (χ1v) is 11.7. The van der Waals surface area contributed by atoms with E-state index in [4.69, 9.17) is 4.74 Å². The number of hydrogen-bond acceptors (Lipinski definition) is 3. The van der Waals surface area contributed by atoms with Crippen LogP contribution in [0.25, 0.3) is 0 Å². The van der Waals surface area contributed by atoms with Gasteiger partial charge in [-0.3, -0.25) is 4.79 Å². The molecule has 0 aromatic heterocycles. The molecule has 3 fully saturated rings. The normalized spacial score (nSPS) is 48.3. The molecule has 0 amide bonds. The molecule has 9 atom stereocenters. The standard InChI is InChI=1S/C25H40O3/c1-16(8-13-23(27)28-4)19-11-12-20-18-10-9-17-7-5-6-14-24(17,2)21(18)15-22(26)25(19,20)3/h5,7,16-22,26H,6,8-15H2,1-4H3/t16-,17+,18+,19+,20-,21-,22+,24+,25-/m1/s1. The Hall–Kier alpha value is -0.830. The number of aliphatic hydroxyl groups is 1. The summed E-state index contributed by atoms with van der Waals surface area (Å²) in [6, 6.07) is 0. The van der Waals surface area contributed by atoms with Crippen molar-refractivity contribution >= 4 is 5.97 Å². The zero-order valence-electron chi connectivity index (χ0n) is 18.3. The fourth-order valence-electron chi connectivity index (χ4n) is 8.40. The molecule has 0 radical (unpaired) electrons. The first kappa shape index (κ1) is 20.4. The van der Waals surface area contributed by atoms with Gasteiger partial charge >= 0.3 is 5.97 Å². The van der Waals surface area contributed by atoms with E-state index >= 15 is 0 Å². The van der Waals surface area contributed by atoms with E-state index in [-0.39, 0.29) is 17.5 Å². The van der Waals surface area contributed by atoms with Gasteiger partial charge in [0.2, 0.25) is 0 Å². The van der Waals surface area contributed by atoms with Crippen LogP contribution in [0.15, 0.2) is 12.2 Å². The largest absolute Gasteiger partial charge is 0.469 e. The summed E-state index contributed by atoms with van der Waals surface area (Å²) < 4.78 is 4.85. The van der Waals surface area contributed by atoms with E-state index in [1.54, 1.807) is 0 Å². The Balaban J connectivity index is 1.55. The van der Waals surface area contributed by atoms with Gasteiger partial charge in [-0.2, -0.15) is 0 Å². The van der Waals surface area contributed by atoms with Crippen LogP contribution < -0.4 is 0 Å². The predicted octanol–water partition coefficient (Wildman–Crippen LogP) is 5.37. The summed E-state index contributed by atoms with van der Waals surface area (Å²) in [6.07, 6.45) is 14.7. The van der Waals surface area contributed by atoms with Crippen molar-refractivity contribution < 1.29 is 14.6 Å². The highest BCUT2D eigenvalue weighted by Gasteiger charge is 2.63. The molecule has 28 heavy (non-hydrogen) atoms. The van der Waals surface area contributed by atoms with Gasteiger partial charge in [0, 0.05) is 6.42 Å². The van der Waals surface area contributed by atoms with E-state index in [9.17, 15) is 9.90 Å². The molecule has 4 rings (SSSR count). The Labute approximate surface area is 171 Å². The second-order valence-electron chi connectivity index (χ2n) is 10.9. The average molecular weight is 389 g/mol. The molecule has 4 aliphatic rings. The monoisotopic (exact) mass is 388 g/mol. The number of hydrogen-bond donors (Lipinski definition) is 1. The van der Waals surface area contributed by atoms with Crippen molar-refractivity contribution in [2.75, 3.05) is 7.11 Å². The maximum Gasteiger partial charge on any atom is 0.305 e. The molecule has 0 aliphatic heterocycles. The van der Waals surface area contributed by atoms with Crippen LogP contribution in [0.4, 0.5) is 0 Å². The highest BCUT2D eigenvalue weighted by atomic mass is 16.5. The quantitative estimate of drug-likeness (QED) is 0.520. The van der Waals surface area contributed by atoms with Gasteiger partial charge < -0.3 is 9.84 Å². The number of carbonyl (C=O) groups is 1. The molecular weight excluding hydrogens is 348 g/mol. The van der Waals surface area contributed by atoms with Gasteiger partial charge in [-0.1, -0.05) is 32.9 Å².